The first kappa shape index (κ1) is 25.3. The molecule has 0 bridgehead atoms. The van der Waals surface area contributed by atoms with Crippen molar-refractivity contribution in [1.82, 2.24) is 9.72 Å². The normalized spacial score (nSPS) is 12.9. The second kappa shape index (κ2) is 10.5. The first-order valence-electron chi connectivity index (χ1n) is 14.8. The molecule has 0 aliphatic rings. The van der Waals surface area contributed by atoms with E-state index in [1.54, 1.807) is 0 Å². The molecular weight excluding hydrogens is 522 g/mol. The molecule has 1 unspecified atom stereocenters. The summed E-state index contributed by atoms with van der Waals surface area (Å²) in [5, 5.41) is 8.86. The summed E-state index contributed by atoms with van der Waals surface area (Å²) in [6.45, 7) is 0.709. The Kier molecular flexibility index (Phi) is 6.17. The number of nitrogens with two attached hydrogens (primary N) is 1. The molecule has 0 amide bonds. The van der Waals surface area contributed by atoms with Gasteiger partial charge in [-0.05, 0) is 46.0 Å². The van der Waals surface area contributed by atoms with Gasteiger partial charge in [0, 0.05) is 33.8 Å². The Morgan fingerprint density at radius 2 is 1.23 bits per heavy atom. The van der Waals surface area contributed by atoms with E-state index in [2.05, 4.69) is 155 Å². The molecule has 8 aromatic rings. The van der Waals surface area contributed by atoms with Gasteiger partial charge in [0.1, 0.15) is 0 Å². The van der Waals surface area contributed by atoms with Crippen LogP contribution in [-0.2, 0) is 6.54 Å². The zero-order valence-corrected chi connectivity index (χ0v) is 23.7. The van der Waals surface area contributed by atoms with Gasteiger partial charge < -0.3 is 15.5 Å². The van der Waals surface area contributed by atoms with Crippen LogP contribution in [0.25, 0.3) is 54.9 Å². The molecule has 0 spiro atoms. The van der Waals surface area contributed by atoms with E-state index < -0.39 is 0 Å². The lowest BCUT2D eigenvalue weighted by Crippen LogP contribution is -2.16. The number of nitrogens with zero attached hydrogens (tertiary/aromatic N) is 1. The molecule has 0 aliphatic heterocycles. The van der Waals surface area contributed by atoms with E-state index >= 15 is 0 Å². The summed E-state index contributed by atoms with van der Waals surface area (Å²) >= 11 is 0. The van der Waals surface area contributed by atoms with Gasteiger partial charge in [0.05, 0.1) is 22.6 Å². The van der Waals surface area contributed by atoms with Crippen molar-refractivity contribution in [3.63, 3.8) is 0 Å². The van der Waals surface area contributed by atoms with Crippen molar-refractivity contribution in [2.45, 2.75) is 12.6 Å². The van der Waals surface area contributed by atoms with Crippen LogP contribution in [0.4, 0.5) is 0 Å². The minimum atomic E-state index is -0.271. The largest absolute Gasteiger partial charge is 0.381 e. The van der Waals surface area contributed by atoms with E-state index in [-0.39, 0.29) is 6.04 Å². The van der Waals surface area contributed by atoms with E-state index in [9.17, 15) is 0 Å². The van der Waals surface area contributed by atoms with Gasteiger partial charge in [0.25, 0.3) is 0 Å². The van der Waals surface area contributed by atoms with Crippen molar-refractivity contribution in [3.05, 3.63) is 168 Å². The summed E-state index contributed by atoms with van der Waals surface area (Å²) in [7, 11) is 0. The van der Waals surface area contributed by atoms with Crippen LogP contribution in [0.3, 0.4) is 0 Å². The summed E-state index contributed by atoms with van der Waals surface area (Å²) in [6.07, 6.45) is 2.16. The fourth-order valence-corrected chi connectivity index (χ4v) is 6.45. The molecule has 0 aliphatic carbocycles. The summed E-state index contributed by atoms with van der Waals surface area (Å²) in [5.74, 6) is 0. The molecule has 8 rings (SSSR count). The first-order chi connectivity index (χ1) is 21.2. The summed E-state index contributed by atoms with van der Waals surface area (Å²) < 4.78 is 2.43. The van der Waals surface area contributed by atoms with Crippen molar-refractivity contribution in [2.75, 3.05) is 0 Å². The highest BCUT2D eigenvalue weighted by molar-refractivity contribution is 6.23. The van der Waals surface area contributed by atoms with E-state index in [0.717, 1.165) is 16.8 Å². The predicted octanol–water partition coefficient (Wildman–Crippen LogP) is 9.33. The SMILES string of the molecule is NC(/C=C(\NCc1ccccc1)c1ccc2c3cccc4c5ccccc5n(c2c1)c43)c1ccc(-c2ccccc2)cc1. The maximum Gasteiger partial charge on any atom is 0.0620 e. The first-order valence-corrected chi connectivity index (χ1v) is 14.8. The lowest BCUT2D eigenvalue weighted by molar-refractivity contribution is 0.858. The molecule has 43 heavy (non-hydrogen) atoms. The number of rotatable bonds is 7. The van der Waals surface area contributed by atoms with Gasteiger partial charge in [-0.3, -0.25) is 0 Å². The number of hydrogen-bond acceptors (Lipinski definition) is 2. The minimum Gasteiger partial charge on any atom is -0.381 e. The highest BCUT2D eigenvalue weighted by atomic mass is 14.9. The Morgan fingerprint density at radius 3 is 2.00 bits per heavy atom. The van der Waals surface area contributed by atoms with E-state index in [0.29, 0.717) is 6.54 Å². The van der Waals surface area contributed by atoms with E-state index in [1.165, 1.54) is 54.8 Å². The lowest BCUT2D eigenvalue weighted by atomic mass is 9.99. The molecule has 6 aromatic carbocycles. The third-order valence-corrected chi connectivity index (χ3v) is 8.61. The van der Waals surface area contributed by atoms with Gasteiger partial charge in [0.15, 0.2) is 0 Å². The third kappa shape index (κ3) is 4.42. The third-order valence-electron chi connectivity index (χ3n) is 8.61. The van der Waals surface area contributed by atoms with Gasteiger partial charge in [-0.1, -0.05) is 133 Å². The molecular formula is C40H31N3. The quantitative estimate of drug-likeness (QED) is 0.206. The van der Waals surface area contributed by atoms with Crippen LogP contribution in [0.2, 0.25) is 0 Å². The van der Waals surface area contributed by atoms with Crippen molar-refractivity contribution >= 4 is 43.8 Å². The highest BCUT2D eigenvalue weighted by Crippen LogP contribution is 2.39. The smallest absolute Gasteiger partial charge is 0.0620 e. The molecule has 3 nitrogen and oxygen atoms in total. The monoisotopic (exact) mass is 553 g/mol. The molecule has 2 heterocycles. The standard InChI is InChI=1S/C40H31N3/c41-36(30-20-18-29(19-21-30)28-12-5-2-6-13-28)25-37(42-26-27-10-3-1-4-11-27)31-22-23-33-35-16-9-15-34-32-14-7-8-17-38(32)43(40(34)35)39(33)24-31/h1-25,36,42H,26,41H2/b37-25-. The molecule has 0 radical (unpaired) electrons. The van der Waals surface area contributed by atoms with Gasteiger partial charge in [-0.15, -0.1) is 0 Å². The molecule has 2 aromatic heterocycles. The van der Waals surface area contributed by atoms with Crippen molar-refractivity contribution < 1.29 is 0 Å². The van der Waals surface area contributed by atoms with Gasteiger partial charge in [-0.2, -0.15) is 0 Å². The molecule has 1 atom stereocenters. The number of fused-ring (bicyclic) bond motifs is 6. The maximum absolute atomic E-state index is 6.87. The van der Waals surface area contributed by atoms with Crippen molar-refractivity contribution in [3.8, 4) is 11.1 Å². The summed E-state index contributed by atoms with van der Waals surface area (Å²) in [6, 6.07) is 51.4. The average molecular weight is 554 g/mol. The van der Waals surface area contributed by atoms with Crippen molar-refractivity contribution in [1.29, 1.82) is 0 Å². The van der Waals surface area contributed by atoms with Gasteiger partial charge in [-0.25, -0.2) is 0 Å². The Bertz CT molecular complexity index is 2230. The fourth-order valence-electron chi connectivity index (χ4n) is 6.45. The number of aromatic nitrogens is 1. The predicted molar refractivity (Wildman–Crippen MR) is 181 cm³/mol. The number of benzene rings is 6. The van der Waals surface area contributed by atoms with Gasteiger partial charge >= 0.3 is 0 Å². The molecule has 0 saturated carbocycles. The van der Waals surface area contributed by atoms with Crippen LogP contribution >= 0.6 is 0 Å². The van der Waals surface area contributed by atoms with Crippen LogP contribution in [0.15, 0.2) is 152 Å². The number of hydrogen-bond donors (Lipinski definition) is 2. The minimum absolute atomic E-state index is 0.271. The fraction of sp³-hybridized carbons (Fsp3) is 0.0500. The van der Waals surface area contributed by atoms with Crippen LogP contribution in [0.5, 0.6) is 0 Å². The maximum atomic E-state index is 6.87. The van der Waals surface area contributed by atoms with Gasteiger partial charge in [0.2, 0.25) is 0 Å². The number of para-hydroxylation sites is 2. The average Bonchev–Trinajstić information content (AvgIpc) is 3.59. The molecule has 3 heteroatoms. The Labute approximate surface area is 250 Å². The molecule has 206 valence electrons. The molecule has 0 saturated heterocycles. The lowest BCUT2D eigenvalue weighted by Gasteiger charge is -2.16. The van der Waals surface area contributed by atoms with Crippen LogP contribution < -0.4 is 11.1 Å². The molecule has 0 fully saturated rings. The highest BCUT2D eigenvalue weighted by Gasteiger charge is 2.18. The zero-order chi connectivity index (χ0) is 28.8. The Balaban J connectivity index is 1.23. The summed E-state index contributed by atoms with van der Waals surface area (Å²) in [4.78, 5) is 0. The number of nitrogens with one attached hydrogen (secondary N) is 1. The van der Waals surface area contributed by atoms with E-state index in [1.807, 2.05) is 6.07 Å². The molecule has 3 N–H and O–H groups in total. The Hall–Kier alpha value is -5.38. The van der Waals surface area contributed by atoms with Crippen LogP contribution in [0, 0.1) is 0 Å². The van der Waals surface area contributed by atoms with Crippen LogP contribution in [-0.4, -0.2) is 4.40 Å². The second-order valence-corrected chi connectivity index (χ2v) is 11.2. The van der Waals surface area contributed by atoms with Crippen molar-refractivity contribution in [2.24, 2.45) is 5.73 Å². The second-order valence-electron chi connectivity index (χ2n) is 11.2. The summed E-state index contributed by atoms with van der Waals surface area (Å²) in [5.41, 5.74) is 17.4. The zero-order valence-electron chi connectivity index (χ0n) is 23.7. The Morgan fingerprint density at radius 1 is 0.605 bits per heavy atom. The van der Waals surface area contributed by atoms with Crippen LogP contribution in [0.1, 0.15) is 22.7 Å². The van der Waals surface area contributed by atoms with E-state index in [4.69, 9.17) is 5.73 Å². The topological polar surface area (TPSA) is 42.5 Å².